The van der Waals surface area contributed by atoms with Crippen molar-refractivity contribution in [3.05, 3.63) is 36.2 Å². The Morgan fingerprint density at radius 1 is 1.33 bits per heavy atom. The van der Waals surface area contributed by atoms with Gasteiger partial charge < -0.3 is 9.88 Å². The fourth-order valence-electron chi connectivity index (χ4n) is 2.62. The summed E-state index contributed by atoms with van der Waals surface area (Å²) in [6.07, 6.45) is 7.82. The predicted molar refractivity (Wildman–Crippen MR) is 85.0 cm³/mol. The van der Waals surface area contributed by atoms with Crippen LogP contribution in [-0.4, -0.2) is 25.4 Å². The largest absolute Gasteiger partial charge is 0.336 e. The highest BCUT2D eigenvalue weighted by Crippen LogP contribution is 2.25. The molecule has 5 heteroatoms. The lowest BCUT2D eigenvalue weighted by Gasteiger charge is -2.34. The zero-order valence-corrected chi connectivity index (χ0v) is 14.0. The van der Waals surface area contributed by atoms with Crippen LogP contribution >= 0.6 is 0 Å². The molecule has 2 aromatic rings. The van der Waals surface area contributed by atoms with Gasteiger partial charge in [0, 0.05) is 49.8 Å². The van der Waals surface area contributed by atoms with E-state index in [1.165, 1.54) is 5.56 Å². The van der Waals surface area contributed by atoms with Crippen molar-refractivity contribution in [3.63, 3.8) is 0 Å². The lowest BCUT2D eigenvalue weighted by molar-refractivity contribution is 0.225. The van der Waals surface area contributed by atoms with Crippen molar-refractivity contribution in [2.24, 2.45) is 12.5 Å². The van der Waals surface area contributed by atoms with Gasteiger partial charge in [-0.05, 0) is 19.3 Å². The molecule has 1 N–H and O–H groups in total. The van der Waals surface area contributed by atoms with Crippen LogP contribution in [0.4, 0.5) is 0 Å². The molecule has 0 aromatic carbocycles. The number of nitrogens with zero attached hydrogens (tertiary/aromatic N) is 4. The van der Waals surface area contributed by atoms with E-state index in [-0.39, 0.29) is 11.5 Å². The number of imidazole rings is 1. The second kappa shape index (κ2) is 6.02. The van der Waals surface area contributed by atoms with Crippen molar-refractivity contribution in [1.82, 2.24) is 24.6 Å². The number of hydrogen-bond acceptors (Lipinski definition) is 3. The summed E-state index contributed by atoms with van der Waals surface area (Å²) < 4.78 is 4.01. The van der Waals surface area contributed by atoms with Crippen LogP contribution in [0.15, 0.2) is 24.9 Å². The predicted octanol–water partition coefficient (Wildman–Crippen LogP) is 2.69. The first-order valence-electron chi connectivity index (χ1n) is 7.49. The maximum atomic E-state index is 4.44. The molecule has 0 aliphatic carbocycles. The van der Waals surface area contributed by atoms with Gasteiger partial charge >= 0.3 is 0 Å². The molecule has 2 atom stereocenters. The normalized spacial score (nSPS) is 15.1. The van der Waals surface area contributed by atoms with E-state index in [1.807, 2.05) is 30.5 Å². The Labute approximate surface area is 127 Å². The fraction of sp³-hybridized carbons (Fsp3) is 0.625. The Balaban J connectivity index is 2.13. The van der Waals surface area contributed by atoms with E-state index in [2.05, 4.69) is 60.8 Å². The molecule has 0 saturated carbocycles. The van der Waals surface area contributed by atoms with E-state index >= 15 is 0 Å². The van der Waals surface area contributed by atoms with E-state index in [0.29, 0.717) is 6.04 Å². The third-order valence-electron chi connectivity index (χ3n) is 3.97. The molecule has 2 heterocycles. The third-order valence-corrected chi connectivity index (χ3v) is 3.97. The molecular formula is C16H27N5. The highest BCUT2D eigenvalue weighted by Gasteiger charge is 2.27. The van der Waals surface area contributed by atoms with Crippen molar-refractivity contribution in [2.45, 2.75) is 53.2 Å². The highest BCUT2D eigenvalue weighted by molar-refractivity contribution is 5.19. The highest BCUT2D eigenvalue weighted by atomic mass is 15.3. The van der Waals surface area contributed by atoms with Crippen LogP contribution in [0, 0.1) is 12.3 Å². The quantitative estimate of drug-likeness (QED) is 0.920. The van der Waals surface area contributed by atoms with Gasteiger partial charge in [0.15, 0.2) is 0 Å². The van der Waals surface area contributed by atoms with E-state index < -0.39 is 0 Å². The Hall–Kier alpha value is -1.62. The summed E-state index contributed by atoms with van der Waals surface area (Å²) in [6, 6.07) is 0.618. The molecule has 2 rings (SSSR count). The summed E-state index contributed by atoms with van der Waals surface area (Å²) in [7, 11) is 1.97. The molecule has 0 aliphatic heterocycles. The summed E-state index contributed by atoms with van der Waals surface area (Å²) in [5.41, 5.74) is 2.51. The number of nitrogens with one attached hydrogen (secondary N) is 1. The Morgan fingerprint density at radius 3 is 2.52 bits per heavy atom. The van der Waals surface area contributed by atoms with Gasteiger partial charge in [0.25, 0.3) is 0 Å². The molecule has 0 spiro atoms. The molecular weight excluding hydrogens is 262 g/mol. The minimum Gasteiger partial charge on any atom is -0.336 e. The molecule has 0 bridgehead atoms. The minimum atomic E-state index is 0.161. The van der Waals surface area contributed by atoms with Gasteiger partial charge in [-0.15, -0.1) is 0 Å². The summed E-state index contributed by atoms with van der Waals surface area (Å²) in [4.78, 5) is 4.13. The number of rotatable bonds is 5. The molecule has 116 valence electrons. The second-order valence-corrected chi connectivity index (χ2v) is 6.91. The molecule has 2 aromatic heterocycles. The smallest absolute Gasteiger partial charge is 0.0946 e. The zero-order chi connectivity index (χ0) is 15.6. The van der Waals surface area contributed by atoms with Crippen molar-refractivity contribution in [3.8, 4) is 0 Å². The standard InChI is InChI=1S/C16H27N5/c1-12(14-9-20(6)19-13(14)2)18-15(16(3,4)5)10-21-8-7-17-11-21/h7-9,11-12,15,18H,10H2,1-6H3. The topological polar surface area (TPSA) is 47.7 Å². The Kier molecular flexibility index (Phi) is 4.52. The van der Waals surface area contributed by atoms with Gasteiger partial charge in [-0.3, -0.25) is 4.68 Å². The van der Waals surface area contributed by atoms with Crippen LogP contribution < -0.4 is 5.32 Å². The second-order valence-electron chi connectivity index (χ2n) is 6.91. The number of aromatic nitrogens is 4. The fourth-order valence-corrected chi connectivity index (χ4v) is 2.62. The summed E-state index contributed by atoms with van der Waals surface area (Å²) in [5, 5.41) is 8.20. The SMILES string of the molecule is Cc1nn(C)cc1C(C)NC(Cn1ccnc1)C(C)(C)C. The van der Waals surface area contributed by atoms with Crippen LogP contribution in [0.25, 0.3) is 0 Å². The first-order valence-corrected chi connectivity index (χ1v) is 7.49. The third kappa shape index (κ3) is 3.94. The van der Waals surface area contributed by atoms with Gasteiger partial charge in [0.1, 0.15) is 0 Å². The summed E-state index contributed by atoms with van der Waals surface area (Å²) in [5.74, 6) is 0. The minimum absolute atomic E-state index is 0.161. The van der Waals surface area contributed by atoms with Crippen molar-refractivity contribution < 1.29 is 0 Å². The Morgan fingerprint density at radius 2 is 2.05 bits per heavy atom. The molecule has 0 amide bonds. The molecule has 0 saturated heterocycles. The van der Waals surface area contributed by atoms with Gasteiger partial charge in [-0.1, -0.05) is 20.8 Å². The molecule has 5 nitrogen and oxygen atoms in total. The zero-order valence-electron chi connectivity index (χ0n) is 14.0. The Bertz CT molecular complexity index is 562. The van der Waals surface area contributed by atoms with Crippen molar-refractivity contribution in [2.75, 3.05) is 0 Å². The van der Waals surface area contributed by atoms with Gasteiger partial charge in [0.05, 0.1) is 12.0 Å². The van der Waals surface area contributed by atoms with Crippen LogP contribution in [-0.2, 0) is 13.6 Å². The summed E-state index contributed by atoms with van der Waals surface area (Å²) in [6.45, 7) is 12.0. The molecule has 0 fully saturated rings. The van der Waals surface area contributed by atoms with Crippen molar-refractivity contribution >= 4 is 0 Å². The number of aryl methyl sites for hydroxylation is 2. The monoisotopic (exact) mass is 289 g/mol. The maximum absolute atomic E-state index is 4.44. The van der Waals surface area contributed by atoms with E-state index in [0.717, 1.165) is 12.2 Å². The number of hydrogen-bond donors (Lipinski definition) is 1. The molecule has 0 radical (unpaired) electrons. The van der Waals surface area contributed by atoms with Crippen LogP contribution in [0.5, 0.6) is 0 Å². The van der Waals surface area contributed by atoms with Gasteiger partial charge in [-0.25, -0.2) is 4.98 Å². The van der Waals surface area contributed by atoms with E-state index in [1.54, 1.807) is 0 Å². The van der Waals surface area contributed by atoms with Crippen molar-refractivity contribution in [1.29, 1.82) is 0 Å². The first-order chi connectivity index (χ1) is 9.77. The maximum Gasteiger partial charge on any atom is 0.0946 e. The summed E-state index contributed by atoms with van der Waals surface area (Å²) >= 11 is 0. The molecule has 2 unspecified atom stereocenters. The average Bonchev–Trinajstić information content (AvgIpc) is 2.96. The molecule has 0 aliphatic rings. The van der Waals surface area contributed by atoms with Gasteiger partial charge in [0.2, 0.25) is 0 Å². The lowest BCUT2D eigenvalue weighted by atomic mass is 9.85. The van der Waals surface area contributed by atoms with Crippen LogP contribution in [0.3, 0.4) is 0 Å². The molecule has 21 heavy (non-hydrogen) atoms. The average molecular weight is 289 g/mol. The van der Waals surface area contributed by atoms with Crippen LogP contribution in [0.1, 0.15) is 45.0 Å². The van der Waals surface area contributed by atoms with Crippen LogP contribution in [0.2, 0.25) is 0 Å². The first kappa shape index (κ1) is 15.8. The van der Waals surface area contributed by atoms with E-state index in [4.69, 9.17) is 0 Å². The lowest BCUT2D eigenvalue weighted by Crippen LogP contribution is -2.44. The van der Waals surface area contributed by atoms with E-state index in [9.17, 15) is 0 Å². The van der Waals surface area contributed by atoms with Gasteiger partial charge in [-0.2, -0.15) is 5.10 Å².